The lowest BCUT2D eigenvalue weighted by Crippen LogP contribution is -2.32. The average Bonchev–Trinajstić information content (AvgIpc) is 3.50. The second kappa shape index (κ2) is 9.77. The lowest BCUT2D eigenvalue weighted by molar-refractivity contribution is 0.275. The van der Waals surface area contributed by atoms with Gasteiger partial charge in [0, 0.05) is 45.9 Å². The molecule has 3 heterocycles. The summed E-state index contributed by atoms with van der Waals surface area (Å²) in [6.07, 6.45) is 6.60. The minimum Gasteiger partial charge on any atom is -0.493 e. The molecule has 5 rings (SSSR count). The van der Waals surface area contributed by atoms with Crippen LogP contribution in [-0.4, -0.2) is 36.1 Å². The van der Waals surface area contributed by atoms with Crippen LogP contribution in [0.25, 0.3) is 28.1 Å². The van der Waals surface area contributed by atoms with E-state index in [1.54, 1.807) is 12.1 Å². The molecule has 3 aromatic rings. The summed E-state index contributed by atoms with van der Waals surface area (Å²) in [6.45, 7) is 6.37. The van der Waals surface area contributed by atoms with Crippen molar-refractivity contribution in [3.63, 3.8) is 0 Å². The molecule has 0 saturated carbocycles. The Morgan fingerprint density at radius 2 is 1.89 bits per heavy atom. The van der Waals surface area contributed by atoms with Crippen LogP contribution in [0.5, 0.6) is 0 Å². The molecule has 0 radical (unpaired) electrons. The maximum Gasteiger partial charge on any atom is 0.194 e. The zero-order chi connectivity index (χ0) is 25.6. The molecule has 3 nitrogen and oxygen atoms in total. The summed E-state index contributed by atoms with van der Waals surface area (Å²) >= 11 is 0. The van der Waals surface area contributed by atoms with E-state index in [4.69, 9.17) is 4.74 Å². The van der Waals surface area contributed by atoms with E-state index in [-0.39, 0.29) is 16.9 Å². The van der Waals surface area contributed by atoms with Crippen LogP contribution in [0.1, 0.15) is 67.8 Å². The van der Waals surface area contributed by atoms with Gasteiger partial charge >= 0.3 is 0 Å². The predicted molar refractivity (Wildman–Crippen MR) is 135 cm³/mol. The summed E-state index contributed by atoms with van der Waals surface area (Å²) in [7, 11) is 1.22. The van der Waals surface area contributed by atoms with Crippen molar-refractivity contribution in [2.75, 3.05) is 20.2 Å². The fraction of sp³-hybridized carbons (Fsp3) is 0.379. The van der Waals surface area contributed by atoms with Crippen LogP contribution in [0.2, 0.25) is 0 Å². The first-order chi connectivity index (χ1) is 17.3. The maximum atomic E-state index is 15.7. The molecule has 1 fully saturated rings. The van der Waals surface area contributed by atoms with Gasteiger partial charge < -0.3 is 9.72 Å². The predicted octanol–water partition coefficient (Wildman–Crippen LogP) is 7.79. The number of nitrogens with zero attached hydrogens (tertiary/aromatic N) is 1. The number of methoxy groups -OCH3 is 1. The molecular formula is C29H30F4N2O. The maximum absolute atomic E-state index is 15.7. The second-order valence-corrected chi connectivity index (χ2v) is 9.81. The molecule has 1 aromatic heterocycles. The van der Waals surface area contributed by atoms with E-state index in [2.05, 4.69) is 29.8 Å². The highest BCUT2D eigenvalue weighted by molar-refractivity contribution is 5.97. The molecule has 0 bridgehead atoms. The Kier molecular flexibility index (Phi) is 6.68. The Hall–Kier alpha value is -3.06. The van der Waals surface area contributed by atoms with Crippen molar-refractivity contribution in [2.45, 2.75) is 51.5 Å². The molecule has 2 aliphatic heterocycles. The third kappa shape index (κ3) is 4.23. The second-order valence-electron chi connectivity index (χ2n) is 9.81. The van der Waals surface area contributed by atoms with Gasteiger partial charge in [0.25, 0.3) is 0 Å². The smallest absolute Gasteiger partial charge is 0.194 e. The number of fused-ring (bicyclic) bond motifs is 2. The van der Waals surface area contributed by atoms with Gasteiger partial charge in [0.05, 0.1) is 7.11 Å². The average molecular weight is 499 g/mol. The summed E-state index contributed by atoms with van der Waals surface area (Å²) in [5, 5.41) is 0.905. The first-order valence-corrected chi connectivity index (χ1v) is 12.5. The van der Waals surface area contributed by atoms with E-state index in [1.807, 2.05) is 6.07 Å². The zero-order valence-electron chi connectivity index (χ0n) is 20.7. The molecule has 7 heteroatoms. The normalized spacial score (nSPS) is 19.8. The number of hydrogen-bond acceptors (Lipinski definition) is 2. The number of rotatable bonds is 6. The third-order valence-electron chi connectivity index (χ3n) is 7.68. The first-order valence-electron chi connectivity index (χ1n) is 12.5. The monoisotopic (exact) mass is 498 g/mol. The number of hydrogen-bond donors (Lipinski definition) is 1. The van der Waals surface area contributed by atoms with Crippen molar-refractivity contribution >= 4 is 28.1 Å². The van der Waals surface area contributed by atoms with Crippen LogP contribution in [0, 0.1) is 17.5 Å². The van der Waals surface area contributed by atoms with E-state index in [1.165, 1.54) is 25.5 Å². The quantitative estimate of drug-likeness (QED) is 0.163. The first kappa shape index (κ1) is 24.6. The Morgan fingerprint density at radius 1 is 1.14 bits per heavy atom. The van der Waals surface area contributed by atoms with E-state index < -0.39 is 23.3 Å². The molecule has 0 amide bonds. The van der Waals surface area contributed by atoms with Gasteiger partial charge in [0.2, 0.25) is 0 Å². The van der Waals surface area contributed by atoms with Crippen molar-refractivity contribution in [1.29, 1.82) is 0 Å². The molecule has 0 aliphatic carbocycles. The lowest BCUT2D eigenvalue weighted by Gasteiger charge is -2.30. The van der Waals surface area contributed by atoms with Crippen LogP contribution in [0.3, 0.4) is 0 Å². The third-order valence-corrected chi connectivity index (χ3v) is 7.68. The zero-order valence-corrected chi connectivity index (χ0v) is 20.7. The summed E-state index contributed by atoms with van der Waals surface area (Å²) in [5.74, 6) is -5.25. The number of aromatic amines is 1. The number of ether oxygens (including phenoxy) is 1. The minimum atomic E-state index is -1.60. The Bertz CT molecular complexity index is 1350. The molecule has 2 aliphatic rings. The number of aromatic nitrogens is 1. The highest BCUT2D eigenvalue weighted by Gasteiger charge is 2.30. The fourth-order valence-electron chi connectivity index (χ4n) is 5.56. The summed E-state index contributed by atoms with van der Waals surface area (Å²) in [4.78, 5) is 6.08. The molecular weight excluding hydrogens is 468 g/mol. The van der Waals surface area contributed by atoms with Crippen molar-refractivity contribution in [1.82, 2.24) is 9.88 Å². The van der Waals surface area contributed by atoms with Crippen LogP contribution < -0.4 is 0 Å². The van der Waals surface area contributed by atoms with Crippen molar-refractivity contribution in [3.8, 4) is 0 Å². The standard InChI is InChI=1S/C29H30F4N2O/c1-4-16(2)28-25(17-9-11-35-10-5-6-20(35)12-17)21-13-18(7-8-24(21)34-28)26(32)29(36-3)19-14-22(30)27(33)23(31)15-19/h7-9,13-16,20,34H,4-6,10-12H2,1-3H3. The topological polar surface area (TPSA) is 28.3 Å². The molecule has 1 N–H and O–H groups in total. The largest absolute Gasteiger partial charge is 0.493 e. The Morgan fingerprint density at radius 3 is 2.58 bits per heavy atom. The van der Waals surface area contributed by atoms with Crippen molar-refractivity contribution < 1.29 is 22.3 Å². The molecule has 2 aromatic carbocycles. The van der Waals surface area contributed by atoms with Gasteiger partial charge in [-0.15, -0.1) is 0 Å². The van der Waals surface area contributed by atoms with Crippen LogP contribution in [0.15, 0.2) is 36.4 Å². The SMILES string of the molecule is CCC(C)c1[nH]c2ccc(C(F)=C(OC)c3cc(F)c(F)c(F)c3)cc2c1C1=CCN2CCCC2C1. The summed E-state index contributed by atoms with van der Waals surface area (Å²) in [5.41, 5.74) is 4.46. The van der Waals surface area contributed by atoms with Gasteiger partial charge in [-0.25, -0.2) is 17.6 Å². The van der Waals surface area contributed by atoms with Crippen LogP contribution in [0.4, 0.5) is 17.6 Å². The molecule has 0 spiro atoms. The number of halogens is 4. The molecule has 1 saturated heterocycles. The van der Waals surface area contributed by atoms with Crippen molar-refractivity contribution in [2.24, 2.45) is 0 Å². The fourth-order valence-corrected chi connectivity index (χ4v) is 5.56. The molecule has 190 valence electrons. The highest BCUT2D eigenvalue weighted by atomic mass is 19.2. The van der Waals surface area contributed by atoms with Gasteiger partial charge in [0.15, 0.2) is 29.0 Å². The Balaban J connectivity index is 1.65. The van der Waals surface area contributed by atoms with Gasteiger partial charge in [-0.1, -0.05) is 19.9 Å². The Labute approximate surface area is 208 Å². The van der Waals surface area contributed by atoms with Crippen molar-refractivity contribution in [3.05, 3.63) is 76.2 Å². The van der Waals surface area contributed by atoms with E-state index >= 15 is 4.39 Å². The van der Waals surface area contributed by atoms with Gasteiger partial charge in [-0.3, -0.25) is 4.90 Å². The number of nitrogens with one attached hydrogen (secondary N) is 1. The lowest BCUT2D eigenvalue weighted by atomic mass is 9.88. The molecule has 36 heavy (non-hydrogen) atoms. The summed E-state index contributed by atoms with van der Waals surface area (Å²) in [6, 6.07) is 7.20. The van der Waals surface area contributed by atoms with E-state index in [9.17, 15) is 13.2 Å². The molecule has 2 unspecified atom stereocenters. The number of benzene rings is 2. The number of H-pyrrole nitrogens is 1. The van der Waals surface area contributed by atoms with E-state index in [0.717, 1.165) is 60.2 Å². The van der Waals surface area contributed by atoms with Gasteiger partial charge in [0.1, 0.15) is 0 Å². The molecule has 2 atom stereocenters. The van der Waals surface area contributed by atoms with Gasteiger partial charge in [-0.05, 0) is 74.1 Å². The minimum absolute atomic E-state index is 0.211. The highest BCUT2D eigenvalue weighted by Crippen LogP contribution is 2.41. The van der Waals surface area contributed by atoms with Crippen LogP contribution >= 0.6 is 0 Å². The van der Waals surface area contributed by atoms with E-state index in [0.29, 0.717) is 12.0 Å². The summed E-state index contributed by atoms with van der Waals surface area (Å²) < 4.78 is 62.1. The van der Waals surface area contributed by atoms with Gasteiger partial charge in [-0.2, -0.15) is 0 Å². The van der Waals surface area contributed by atoms with Crippen LogP contribution in [-0.2, 0) is 4.74 Å².